The van der Waals surface area contributed by atoms with Crippen molar-refractivity contribution >= 4 is 33.5 Å². The van der Waals surface area contributed by atoms with Crippen LogP contribution in [-0.2, 0) is 22.6 Å². The molecule has 0 saturated carbocycles. The van der Waals surface area contributed by atoms with Gasteiger partial charge in [-0.2, -0.15) is 0 Å². The molecule has 32 heavy (non-hydrogen) atoms. The summed E-state index contributed by atoms with van der Waals surface area (Å²) in [6.07, 6.45) is 0.183. The molecule has 162 valence electrons. The lowest BCUT2D eigenvalue weighted by molar-refractivity contribution is -0.135. The maximum absolute atomic E-state index is 12.8. The molecule has 2 amide bonds. The van der Waals surface area contributed by atoms with Crippen molar-refractivity contribution in [3.63, 3.8) is 0 Å². The van der Waals surface area contributed by atoms with Gasteiger partial charge in [0.05, 0.1) is 23.9 Å². The summed E-state index contributed by atoms with van der Waals surface area (Å²) in [5.41, 5.74) is 1.23. The molecule has 0 radical (unpaired) electrons. The third kappa shape index (κ3) is 4.51. The van der Waals surface area contributed by atoms with Crippen LogP contribution in [0.15, 0.2) is 71.5 Å². The molecule has 0 unspecified atom stereocenters. The fourth-order valence-electron chi connectivity index (χ4n) is 3.82. The highest BCUT2D eigenvalue weighted by atomic mass is 16.2. The number of amides is 2. The zero-order valence-electron chi connectivity index (χ0n) is 18.0. The smallest absolute Gasteiger partial charge is 0.258 e. The van der Waals surface area contributed by atoms with E-state index < -0.39 is 6.04 Å². The largest absolute Gasteiger partial charge is 0.344 e. The summed E-state index contributed by atoms with van der Waals surface area (Å²) >= 11 is 0. The van der Waals surface area contributed by atoms with Crippen molar-refractivity contribution < 1.29 is 9.59 Å². The SMILES string of the molecule is C[C@H](NC(=O)Cc1cccc2ccccc12)C(=O)N(C)Cc1nc2ccccc2c(=O)[nH]1. The van der Waals surface area contributed by atoms with E-state index in [2.05, 4.69) is 15.3 Å². The highest BCUT2D eigenvalue weighted by molar-refractivity contribution is 5.92. The molecule has 0 aliphatic heterocycles. The number of rotatable bonds is 6. The molecule has 0 spiro atoms. The van der Waals surface area contributed by atoms with Crippen molar-refractivity contribution in [3.8, 4) is 0 Å². The molecule has 4 rings (SSSR count). The highest BCUT2D eigenvalue weighted by Gasteiger charge is 2.21. The lowest BCUT2D eigenvalue weighted by atomic mass is 10.0. The quantitative estimate of drug-likeness (QED) is 0.494. The Kier molecular flexibility index (Phi) is 5.98. The number of nitrogens with zero attached hydrogens (tertiary/aromatic N) is 2. The summed E-state index contributed by atoms with van der Waals surface area (Å²) in [5, 5.41) is 5.37. The average molecular weight is 428 g/mol. The molecule has 4 aromatic rings. The predicted molar refractivity (Wildman–Crippen MR) is 124 cm³/mol. The van der Waals surface area contributed by atoms with E-state index in [0.717, 1.165) is 16.3 Å². The van der Waals surface area contributed by atoms with E-state index in [0.29, 0.717) is 16.7 Å². The number of para-hydroxylation sites is 1. The van der Waals surface area contributed by atoms with Crippen LogP contribution in [-0.4, -0.2) is 39.8 Å². The van der Waals surface area contributed by atoms with Crippen LogP contribution in [0.3, 0.4) is 0 Å². The molecule has 7 nitrogen and oxygen atoms in total. The first-order chi connectivity index (χ1) is 15.4. The monoisotopic (exact) mass is 428 g/mol. The molecule has 7 heteroatoms. The molecule has 0 bridgehead atoms. The lowest BCUT2D eigenvalue weighted by Crippen LogP contribution is -2.46. The second kappa shape index (κ2) is 9.01. The molecule has 0 fully saturated rings. The Morgan fingerprint density at radius 3 is 2.50 bits per heavy atom. The van der Waals surface area contributed by atoms with Gasteiger partial charge >= 0.3 is 0 Å². The van der Waals surface area contributed by atoms with Crippen LogP contribution in [0.1, 0.15) is 18.3 Å². The van der Waals surface area contributed by atoms with Crippen LogP contribution in [0.2, 0.25) is 0 Å². The van der Waals surface area contributed by atoms with Gasteiger partial charge in [0, 0.05) is 7.05 Å². The van der Waals surface area contributed by atoms with Crippen LogP contribution < -0.4 is 10.9 Å². The number of nitrogens with one attached hydrogen (secondary N) is 2. The molecule has 1 heterocycles. The van der Waals surface area contributed by atoms with Gasteiger partial charge in [-0.1, -0.05) is 54.6 Å². The molecular weight excluding hydrogens is 404 g/mol. The molecule has 0 saturated heterocycles. The number of H-pyrrole nitrogens is 1. The van der Waals surface area contributed by atoms with Crippen LogP contribution in [0, 0.1) is 0 Å². The fraction of sp³-hybridized carbons (Fsp3) is 0.200. The number of hydrogen-bond donors (Lipinski definition) is 2. The molecular formula is C25H24N4O3. The first-order valence-corrected chi connectivity index (χ1v) is 10.4. The number of aromatic nitrogens is 2. The summed E-state index contributed by atoms with van der Waals surface area (Å²) in [5.74, 6) is -0.112. The number of carbonyl (C=O) groups excluding carboxylic acids is 2. The maximum atomic E-state index is 12.8. The van der Waals surface area contributed by atoms with Gasteiger partial charge in [0.2, 0.25) is 11.8 Å². The third-order valence-electron chi connectivity index (χ3n) is 5.40. The minimum atomic E-state index is -0.713. The summed E-state index contributed by atoms with van der Waals surface area (Å²) in [6.45, 7) is 1.78. The summed E-state index contributed by atoms with van der Waals surface area (Å²) in [7, 11) is 1.62. The zero-order chi connectivity index (χ0) is 22.7. The second-order valence-corrected chi connectivity index (χ2v) is 7.83. The van der Waals surface area contributed by atoms with Gasteiger partial charge in [-0.25, -0.2) is 4.98 Å². The van der Waals surface area contributed by atoms with Gasteiger partial charge in [0.15, 0.2) is 0 Å². The molecule has 1 atom stereocenters. The number of fused-ring (bicyclic) bond motifs is 2. The number of carbonyl (C=O) groups is 2. The topological polar surface area (TPSA) is 95.2 Å². The molecule has 0 aliphatic rings. The van der Waals surface area contributed by atoms with Crippen LogP contribution in [0.5, 0.6) is 0 Å². The molecule has 2 N–H and O–H groups in total. The van der Waals surface area contributed by atoms with E-state index in [4.69, 9.17) is 0 Å². The normalized spacial score (nSPS) is 11.9. The van der Waals surface area contributed by atoms with Crippen molar-refractivity contribution in [2.75, 3.05) is 7.05 Å². The Bertz CT molecular complexity index is 1360. The summed E-state index contributed by atoms with van der Waals surface area (Å²) < 4.78 is 0. The minimum Gasteiger partial charge on any atom is -0.344 e. The molecule has 3 aromatic carbocycles. The van der Waals surface area contributed by atoms with Crippen molar-refractivity contribution in [1.82, 2.24) is 20.2 Å². The number of likely N-dealkylation sites (N-methyl/N-ethyl adjacent to an activating group) is 1. The Labute approximate surface area is 185 Å². The van der Waals surface area contributed by atoms with Crippen molar-refractivity contribution in [2.45, 2.75) is 25.9 Å². The van der Waals surface area contributed by atoms with Gasteiger partial charge in [-0.3, -0.25) is 14.4 Å². The molecule has 1 aromatic heterocycles. The van der Waals surface area contributed by atoms with Crippen molar-refractivity contribution in [3.05, 3.63) is 88.5 Å². The Morgan fingerprint density at radius 2 is 1.69 bits per heavy atom. The van der Waals surface area contributed by atoms with Gasteiger partial charge in [-0.05, 0) is 35.4 Å². The van der Waals surface area contributed by atoms with Gasteiger partial charge in [0.25, 0.3) is 5.56 Å². The predicted octanol–water partition coefficient (Wildman–Crippen LogP) is 2.78. The van der Waals surface area contributed by atoms with Crippen molar-refractivity contribution in [2.24, 2.45) is 0 Å². The van der Waals surface area contributed by atoms with Crippen LogP contribution in [0.25, 0.3) is 21.7 Å². The zero-order valence-corrected chi connectivity index (χ0v) is 18.0. The van der Waals surface area contributed by atoms with E-state index in [1.807, 2.05) is 42.5 Å². The average Bonchev–Trinajstić information content (AvgIpc) is 2.78. The number of hydrogen-bond acceptors (Lipinski definition) is 4. The van der Waals surface area contributed by atoms with E-state index in [9.17, 15) is 14.4 Å². The third-order valence-corrected chi connectivity index (χ3v) is 5.40. The van der Waals surface area contributed by atoms with Crippen molar-refractivity contribution in [1.29, 1.82) is 0 Å². The minimum absolute atomic E-state index is 0.127. The first kappa shape index (κ1) is 21.2. The standard InChI is InChI=1S/C25H24N4O3/c1-16(26-23(30)14-18-10-7-9-17-8-3-4-11-19(17)18)25(32)29(2)15-22-27-21-13-6-5-12-20(21)24(31)28-22/h3-13,16H,14-15H2,1-2H3,(H,26,30)(H,27,28,31)/t16-/m0/s1. The van der Waals surface area contributed by atoms with Crippen LogP contribution in [0.4, 0.5) is 0 Å². The second-order valence-electron chi connectivity index (χ2n) is 7.83. The summed E-state index contributed by atoms with van der Waals surface area (Å²) in [6, 6.07) is 20.1. The van der Waals surface area contributed by atoms with Gasteiger partial charge < -0.3 is 15.2 Å². The van der Waals surface area contributed by atoms with E-state index in [-0.39, 0.29) is 30.3 Å². The Hall–Kier alpha value is -4.00. The number of aromatic amines is 1. The van der Waals surface area contributed by atoms with E-state index >= 15 is 0 Å². The first-order valence-electron chi connectivity index (χ1n) is 10.4. The van der Waals surface area contributed by atoms with Crippen LogP contribution >= 0.6 is 0 Å². The number of benzene rings is 3. The fourth-order valence-corrected chi connectivity index (χ4v) is 3.82. The maximum Gasteiger partial charge on any atom is 0.258 e. The van der Waals surface area contributed by atoms with Gasteiger partial charge in [-0.15, -0.1) is 0 Å². The summed E-state index contributed by atoms with van der Waals surface area (Å²) in [4.78, 5) is 46.2. The highest BCUT2D eigenvalue weighted by Crippen LogP contribution is 2.19. The van der Waals surface area contributed by atoms with E-state index in [1.54, 1.807) is 38.2 Å². The van der Waals surface area contributed by atoms with Gasteiger partial charge in [0.1, 0.15) is 11.9 Å². The molecule has 0 aliphatic carbocycles. The lowest BCUT2D eigenvalue weighted by Gasteiger charge is -2.22. The van der Waals surface area contributed by atoms with E-state index in [1.165, 1.54) is 4.90 Å². The Balaban J connectivity index is 1.40. The Morgan fingerprint density at radius 1 is 1.00 bits per heavy atom.